The summed E-state index contributed by atoms with van der Waals surface area (Å²) in [6.45, 7) is 0. The fourth-order valence-electron chi connectivity index (χ4n) is 0.904. The van der Waals surface area contributed by atoms with Gasteiger partial charge in [0.25, 0.3) is 0 Å². The molecule has 0 fully saturated rings. The third-order valence-electron chi connectivity index (χ3n) is 1.56. The van der Waals surface area contributed by atoms with Crippen molar-refractivity contribution in [2.24, 2.45) is 0 Å². The van der Waals surface area contributed by atoms with Crippen LogP contribution in [0, 0.1) is 0 Å². The van der Waals surface area contributed by atoms with Crippen LogP contribution < -0.4 is 0 Å². The molecule has 0 unspecified atom stereocenters. The molecule has 2 aromatic rings. The van der Waals surface area contributed by atoms with Crippen molar-refractivity contribution in [3.8, 4) is 0 Å². The largest absolute Gasteiger partial charge is 0.318 e. The van der Waals surface area contributed by atoms with Crippen molar-refractivity contribution in [3.05, 3.63) is 42.7 Å². The van der Waals surface area contributed by atoms with E-state index in [2.05, 4.69) is 10.3 Å². The highest BCUT2D eigenvalue weighted by Crippen LogP contribution is 2.31. The van der Waals surface area contributed by atoms with Gasteiger partial charge >= 0.3 is 5.24 Å². The molecule has 1 aromatic heterocycles. The van der Waals surface area contributed by atoms with Crippen molar-refractivity contribution in [2.45, 2.75) is 4.90 Å². The van der Waals surface area contributed by atoms with E-state index in [0.29, 0.717) is 0 Å². The molecule has 0 spiro atoms. The number of carbonyl (C=O) groups is 1. The van der Waals surface area contributed by atoms with Gasteiger partial charge in [0.15, 0.2) is 0 Å². The van der Waals surface area contributed by atoms with Crippen LogP contribution in [0.4, 0.5) is 4.79 Å². The molecule has 1 aromatic carbocycles. The van der Waals surface area contributed by atoms with Crippen LogP contribution in [0.5, 0.6) is 0 Å². The Bertz CT molecular complexity index is 430. The Morgan fingerprint density at radius 2 is 2.07 bits per heavy atom. The summed E-state index contributed by atoms with van der Waals surface area (Å²) in [5.41, 5.74) is 0. The van der Waals surface area contributed by atoms with Gasteiger partial charge in [0.1, 0.15) is 0 Å². The molecule has 0 radical (unpaired) electrons. The van der Waals surface area contributed by atoms with E-state index in [1.165, 1.54) is 27.9 Å². The molecule has 0 amide bonds. The molecular formula is C9H7N3OS2. The van der Waals surface area contributed by atoms with Crippen LogP contribution in [-0.2, 0) is 0 Å². The minimum Gasteiger partial charge on any atom is -0.258 e. The van der Waals surface area contributed by atoms with E-state index in [4.69, 9.17) is 0 Å². The normalized spacial score (nSPS) is 10.1. The molecule has 15 heavy (non-hydrogen) atoms. The molecule has 0 aliphatic heterocycles. The molecule has 0 saturated carbocycles. The Kier molecular flexibility index (Phi) is 3.41. The first kappa shape index (κ1) is 10.3. The van der Waals surface area contributed by atoms with Gasteiger partial charge in [-0.05, 0) is 22.9 Å². The Morgan fingerprint density at radius 3 is 2.73 bits per heavy atom. The molecule has 0 aliphatic rings. The number of benzene rings is 1. The Labute approximate surface area is 94.5 Å². The van der Waals surface area contributed by atoms with Gasteiger partial charge in [-0.2, -0.15) is 4.68 Å². The van der Waals surface area contributed by atoms with Crippen LogP contribution in [0.15, 0.2) is 47.6 Å². The number of nitrogens with zero attached hydrogens (tertiary/aromatic N) is 3. The summed E-state index contributed by atoms with van der Waals surface area (Å²) in [5, 5.41) is 7.03. The van der Waals surface area contributed by atoms with Gasteiger partial charge in [-0.1, -0.05) is 23.4 Å². The molecular weight excluding hydrogens is 230 g/mol. The standard InChI is InChI=1S/C9H7N3OS2/c13-9(12-7-6-10-11-12)15-14-8-4-2-1-3-5-8/h1-7H. The molecule has 76 valence electrons. The molecule has 0 bridgehead atoms. The predicted molar refractivity (Wildman–Crippen MR) is 60.7 cm³/mol. The van der Waals surface area contributed by atoms with Crippen LogP contribution in [0.1, 0.15) is 0 Å². The molecule has 0 aliphatic carbocycles. The lowest BCUT2D eigenvalue weighted by atomic mass is 10.4. The highest BCUT2D eigenvalue weighted by molar-refractivity contribution is 8.82. The third kappa shape index (κ3) is 2.84. The van der Waals surface area contributed by atoms with Crippen molar-refractivity contribution in [1.82, 2.24) is 15.0 Å². The fourth-order valence-corrected chi connectivity index (χ4v) is 2.58. The zero-order valence-corrected chi connectivity index (χ0v) is 9.24. The molecule has 0 saturated heterocycles. The highest BCUT2D eigenvalue weighted by Gasteiger charge is 2.06. The summed E-state index contributed by atoms with van der Waals surface area (Å²) < 4.78 is 1.21. The second-order valence-corrected chi connectivity index (χ2v) is 4.75. The summed E-state index contributed by atoms with van der Waals surface area (Å²) in [7, 11) is 2.53. The first-order valence-corrected chi connectivity index (χ1v) is 6.31. The second-order valence-electron chi connectivity index (χ2n) is 2.59. The molecule has 0 atom stereocenters. The topological polar surface area (TPSA) is 47.8 Å². The number of aromatic nitrogens is 3. The number of carbonyl (C=O) groups excluding carboxylic acids is 1. The van der Waals surface area contributed by atoms with Crippen LogP contribution >= 0.6 is 21.6 Å². The van der Waals surface area contributed by atoms with Gasteiger partial charge in [-0.15, -0.1) is 5.10 Å². The third-order valence-corrected chi connectivity index (χ3v) is 3.69. The zero-order chi connectivity index (χ0) is 10.5. The minimum atomic E-state index is -0.152. The number of hydrogen-bond acceptors (Lipinski definition) is 5. The van der Waals surface area contributed by atoms with E-state index < -0.39 is 0 Å². The van der Waals surface area contributed by atoms with Crippen LogP contribution in [0.25, 0.3) is 0 Å². The van der Waals surface area contributed by atoms with Gasteiger partial charge in [-0.25, -0.2) is 0 Å². The predicted octanol–water partition coefficient (Wildman–Crippen LogP) is 2.69. The monoisotopic (exact) mass is 237 g/mol. The first-order valence-electron chi connectivity index (χ1n) is 4.16. The highest BCUT2D eigenvalue weighted by atomic mass is 33.1. The van der Waals surface area contributed by atoms with Crippen LogP contribution in [-0.4, -0.2) is 20.2 Å². The van der Waals surface area contributed by atoms with E-state index in [1.54, 1.807) is 0 Å². The van der Waals surface area contributed by atoms with Crippen LogP contribution in [0.3, 0.4) is 0 Å². The summed E-state index contributed by atoms with van der Waals surface area (Å²) in [6, 6.07) is 9.71. The average molecular weight is 237 g/mol. The molecule has 0 N–H and O–H groups in total. The van der Waals surface area contributed by atoms with E-state index in [1.807, 2.05) is 30.3 Å². The lowest BCUT2D eigenvalue weighted by Crippen LogP contribution is -2.04. The molecule has 1 heterocycles. The fraction of sp³-hybridized carbons (Fsp3) is 0. The average Bonchev–Trinajstić information content (AvgIpc) is 2.81. The minimum absolute atomic E-state index is 0.152. The summed E-state index contributed by atoms with van der Waals surface area (Å²) in [4.78, 5) is 12.5. The van der Waals surface area contributed by atoms with Crippen molar-refractivity contribution in [1.29, 1.82) is 0 Å². The second kappa shape index (κ2) is 4.99. The van der Waals surface area contributed by atoms with Gasteiger partial charge < -0.3 is 0 Å². The molecule has 6 heteroatoms. The molecule has 4 nitrogen and oxygen atoms in total. The number of rotatable bonds is 2. The maximum Gasteiger partial charge on any atom is 0.318 e. The van der Waals surface area contributed by atoms with E-state index in [9.17, 15) is 4.79 Å². The van der Waals surface area contributed by atoms with Crippen molar-refractivity contribution in [3.63, 3.8) is 0 Å². The smallest absolute Gasteiger partial charge is 0.258 e. The quantitative estimate of drug-likeness (QED) is 0.751. The maximum atomic E-state index is 11.5. The van der Waals surface area contributed by atoms with E-state index >= 15 is 0 Å². The lowest BCUT2D eigenvalue weighted by Gasteiger charge is -1.98. The van der Waals surface area contributed by atoms with Gasteiger partial charge in [0.2, 0.25) is 0 Å². The van der Waals surface area contributed by atoms with E-state index in [-0.39, 0.29) is 5.24 Å². The zero-order valence-electron chi connectivity index (χ0n) is 7.61. The summed E-state index contributed by atoms with van der Waals surface area (Å²) in [5.74, 6) is 0. The SMILES string of the molecule is O=C(SSc1ccccc1)n1ccnn1. The molecule has 2 rings (SSSR count). The lowest BCUT2D eigenvalue weighted by molar-refractivity contribution is 0.259. The Hall–Kier alpha value is -1.27. The van der Waals surface area contributed by atoms with Crippen molar-refractivity contribution < 1.29 is 4.79 Å². The van der Waals surface area contributed by atoms with Gasteiger partial charge in [0.05, 0.1) is 12.4 Å². The van der Waals surface area contributed by atoms with Gasteiger partial charge in [-0.3, -0.25) is 4.79 Å². The van der Waals surface area contributed by atoms with Crippen molar-refractivity contribution >= 4 is 26.8 Å². The summed E-state index contributed by atoms with van der Waals surface area (Å²) in [6.07, 6.45) is 3.01. The van der Waals surface area contributed by atoms with E-state index in [0.717, 1.165) is 15.7 Å². The Morgan fingerprint density at radius 1 is 1.27 bits per heavy atom. The van der Waals surface area contributed by atoms with Gasteiger partial charge in [0, 0.05) is 15.7 Å². The summed E-state index contributed by atoms with van der Waals surface area (Å²) >= 11 is 0. The van der Waals surface area contributed by atoms with Crippen molar-refractivity contribution in [2.75, 3.05) is 0 Å². The maximum absolute atomic E-state index is 11.5. The first-order chi connectivity index (χ1) is 7.36. The Balaban J connectivity index is 1.92. The van der Waals surface area contributed by atoms with Crippen LogP contribution in [0.2, 0.25) is 0 Å². The number of hydrogen-bond donors (Lipinski definition) is 0.